The fourth-order valence-electron chi connectivity index (χ4n) is 2.89. The van der Waals surface area contributed by atoms with E-state index in [1.807, 2.05) is 6.33 Å². The third-order valence-corrected chi connectivity index (χ3v) is 3.89. The van der Waals surface area contributed by atoms with E-state index in [0.717, 1.165) is 18.9 Å². The summed E-state index contributed by atoms with van der Waals surface area (Å²) in [6, 6.07) is 0.524. The molecule has 0 bridgehead atoms. The highest BCUT2D eigenvalue weighted by Crippen LogP contribution is 2.32. The molecule has 1 atom stereocenters. The van der Waals surface area contributed by atoms with Gasteiger partial charge in [0.1, 0.15) is 6.33 Å². The minimum Gasteiger partial charge on any atom is -0.315 e. The van der Waals surface area contributed by atoms with Crippen LogP contribution in [0.25, 0.3) is 0 Å². The van der Waals surface area contributed by atoms with Crippen LogP contribution in [0.2, 0.25) is 0 Å². The van der Waals surface area contributed by atoms with Crippen molar-refractivity contribution in [2.24, 2.45) is 0 Å². The average Bonchev–Trinajstić information content (AvgIpc) is 3.01. The Morgan fingerprint density at radius 2 is 2.06 bits per heavy atom. The van der Waals surface area contributed by atoms with Gasteiger partial charge < -0.3 is 5.32 Å². The first-order chi connectivity index (χ1) is 7.93. The van der Waals surface area contributed by atoms with E-state index >= 15 is 0 Å². The zero-order valence-electron chi connectivity index (χ0n) is 9.73. The zero-order valence-corrected chi connectivity index (χ0v) is 9.73. The van der Waals surface area contributed by atoms with Gasteiger partial charge in [0.05, 0.1) is 6.04 Å². The summed E-state index contributed by atoms with van der Waals surface area (Å²) in [6.45, 7) is 2.20. The van der Waals surface area contributed by atoms with Crippen LogP contribution in [0.5, 0.6) is 0 Å². The lowest BCUT2D eigenvalue weighted by Gasteiger charge is -2.22. The zero-order chi connectivity index (χ0) is 10.8. The first-order valence-electron chi connectivity index (χ1n) is 6.55. The highest BCUT2D eigenvalue weighted by Gasteiger charge is 2.22. The van der Waals surface area contributed by atoms with E-state index in [1.165, 1.54) is 38.5 Å². The van der Waals surface area contributed by atoms with Gasteiger partial charge in [0, 0.05) is 12.5 Å². The van der Waals surface area contributed by atoms with Gasteiger partial charge in [-0.3, -0.25) is 0 Å². The van der Waals surface area contributed by atoms with Crippen LogP contribution in [0.3, 0.4) is 0 Å². The predicted octanol–water partition coefficient (Wildman–Crippen LogP) is 1.86. The maximum atomic E-state index is 4.68. The molecule has 16 heavy (non-hydrogen) atoms. The number of hydrogen-bond donors (Lipinski definition) is 1. The van der Waals surface area contributed by atoms with Crippen molar-refractivity contribution >= 4 is 0 Å². The highest BCUT2D eigenvalue weighted by molar-refractivity contribution is 4.97. The number of rotatable bonds is 2. The molecular formula is C12H20N4. The van der Waals surface area contributed by atoms with Gasteiger partial charge in [0.15, 0.2) is 5.82 Å². The third-order valence-electron chi connectivity index (χ3n) is 3.89. The Hall–Kier alpha value is -0.900. The summed E-state index contributed by atoms with van der Waals surface area (Å²) < 4.78 is 2.08. The van der Waals surface area contributed by atoms with Crippen molar-refractivity contribution in [3.8, 4) is 0 Å². The van der Waals surface area contributed by atoms with Crippen LogP contribution in [0.15, 0.2) is 6.33 Å². The molecule has 1 aromatic rings. The summed E-state index contributed by atoms with van der Waals surface area (Å²) in [4.78, 5) is 4.50. The van der Waals surface area contributed by atoms with E-state index in [1.54, 1.807) is 0 Å². The predicted molar refractivity (Wildman–Crippen MR) is 62.4 cm³/mol. The molecule has 2 heterocycles. The van der Waals surface area contributed by atoms with E-state index in [0.29, 0.717) is 12.0 Å². The summed E-state index contributed by atoms with van der Waals surface area (Å²) in [5, 5.41) is 8.10. The van der Waals surface area contributed by atoms with Crippen LogP contribution in [0, 0.1) is 0 Å². The van der Waals surface area contributed by atoms with Crippen LogP contribution in [-0.2, 0) is 0 Å². The van der Waals surface area contributed by atoms with Crippen LogP contribution >= 0.6 is 0 Å². The molecule has 1 N–H and O–H groups in total. The van der Waals surface area contributed by atoms with Gasteiger partial charge in [-0.15, -0.1) is 0 Å². The standard InChI is InChI=1S/C12H20N4/c1-2-5-10(4-1)12-14-9-16(15-12)11-6-3-7-13-8-11/h9-11,13H,1-8H2. The molecular weight excluding hydrogens is 200 g/mol. The van der Waals surface area contributed by atoms with E-state index in [2.05, 4.69) is 20.1 Å². The van der Waals surface area contributed by atoms with Crippen LogP contribution < -0.4 is 5.32 Å². The molecule has 88 valence electrons. The highest BCUT2D eigenvalue weighted by atomic mass is 15.4. The lowest BCUT2D eigenvalue weighted by atomic mass is 10.1. The molecule has 1 saturated carbocycles. The molecule has 0 amide bonds. The van der Waals surface area contributed by atoms with Gasteiger partial charge in [-0.2, -0.15) is 5.10 Å². The molecule has 2 fully saturated rings. The molecule has 4 heteroatoms. The number of hydrogen-bond acceptors (Lipinski definition) is 3. The van der Waals surface area contributed by atoms with E-state index in [9.17, 15) is 0 Å². The van der Waals surface area contributed by atoms with Crippen LogP contribution in [-0.4, -0.2) is 27.9 Å². The Kier molecular flexibility index (Phi) is 2.91. The summed E-state index contributed by atoms with van der Waals surface area (Å²) in [6.07, 6.45) is 9.70. The summed E-state index contributed by atoms with van der Waals surface area (Å²) in [7, 11) is 0. The molecule has 0 spiro atoms. The van der Waals surface area contributed by atoms with Gasteiger partial charge in [-0.1, -0.05) is 12.8 Å². The molecule has 2 aliphatic rings. The molecule has 0 radical (unpaired) electrons. The minimum atomic E-state index is 0.524. The SMILES string of the molecule is c1nc(C2CCCC2)nn1C1CCCNC1. The van der Waals surface area contributed by atoms with Gasteiger partial charge >= 0.3 is 0 Å². The quantitative estimate of drug-likeness (QED) is 0.827. The van der Waals surface area contributed by atoms with Crippen molar-refractivity contribution in [1.29, 1.82) is 0 Å². The second-order valence-corrected chi connectivity index (χ2v) is 5.06. The Balaban J connectivity index is 1.71. The number of nitrogens with one attached hydrogen (secondary N) is 1. The molecule has 1 aliphatic carbocycles. The number of aromatic nitrogens is 3. The van der Waals surface area contributed by atoms with Crippen molar-refractivity contribution in [2.45, 2.75) is 50.5 Å². The normalized spacial score (nSPS) is 27.4. The average molecular weight is 220 g/mol. The number of piperidine rings is 1. The lowest BCUT2D eigenvalue weighted by Crippen LogP contribution is -2.31. The first-order valence-corrected chi connectivity index (χ1v) is 6.55. The summed E-state index contributed by atoms with van der Waals surface area (Å²) in [5.74, 6) is 1.72. The minimum absolute atomic E-state index is 0.524. The van der Waals surface area contributed by atoms with Crippen LogP contribution in [0.4, 0.5) is 0 Å². The first kappa shape index (κ1) is 10.3. The Morgan fingerprint density at radius 3 is 2.81 bits per heavy atom. The van der Waals surface area contributed by atoms with E-state index in [-0.39, 0.29) is 0 Å². The van der Waals surface area contributed by atoms with Crippen molar-refractivity contribution in [2.75, 3.05) is 13.1 Å². The second kappa shape index (κ2) is 4.53. The van der Waals surface area contributed by atoms with E-state index < -0.39 is 0 Å². The molecule has 1 unspecified atom stereocenters. The number of nitrogens with zero attached hydrogens (tertiary/aromatic N) is 3. The molecule has 4 nitrogen and oxygen atoms in total. The van der Waals surface area contributed by atoms with Gasteiger partial charge in [0.25, 0.3) is 0 Å². The van der Waals surface area contributed by atoms with Gasteiger partial charge in [0.2, 0.25) is 0 Å². The Labute approximate surface area is 96.4 Å². The van der Waals surface area contributed by atoms with Crippen molar-refractivity contribution < 1.29 is 0 Å². The molecule has 3 rings (SSSR count). The van der Waals surface area contributed by atoms with E-state index in [4.69, 9.17) is 0 Å². The maximum Gasteiger partial charge on any atom is 0.153 e. The Morgan fingerprint density at radius 1 is 1.19 bits per heavy atom. The Bertz CT molecular complexity index is 335. The molecule has 1 saturated heterocycles. The van der Waals surface area contributed by atoms with Gasteiger partial charge in [-0.25, -0.2) is 9.67 Å². The lowest BCUT2D eigenvalue weighted by molar-refractivity contribution is 0.344. The topological polar surface area (TPSA) is 42.7 Å². The fraction of sp³-hybridized carbons (Fsp3) is 0.833. The third kappa shape index (κ3) is 1.98. The molecule has 1 aromatic heterocycles. The molecule has 1 aliphatic heterocycles. The maximum absolute atomic E-state index is 4.68. The summed E-state index contributed by atoms with van der Waals surface area (Å²) >= 11 is 0. The van der Waals surface area contributed by atoms with Crippen LogP contribution in [0.1, 0.15) is 56.3 Å². The van der Waals surface area contributed by atoms with Crippen molar-refractivity contribution in [3.63, 3.8) is 0 Å². The molecule has 0 aromatic carbocycles. The van der Waals surface area contributed by atoms with Crippen molar-refractivity contribution in [1.82, 2.24) is 20.1 Å². The smallest absolute Gasteiger partial charge is 0.153 e. The van der Waals surface area contributed by atoms with Crippen molar-refractivity contribution in [3.05, 3.63) is 12.2 Å². The second-order valence-electron chi connectivity index (χ2n) is 5.06. The fourth-order valence-corrected chi connectivity index (χ4v) is 2.89. The largest absolute Gasteiger partial charge is 0.315 e. The van der Waals surface area contributed by atoms with Gasteiger partial charge in [-0.05, 0) is 32.2 Å². The monoisotopic (exact) mass is 220 g/mol. The summed E-state index contributed by atoms with van der Waals surface area (Å²) in [5.41, 5.74) is 0.